The molecule has 0 aliphatic rings. The molecule has 0 aliphatic heterocycles. The summed E-state index contributed by atoms with van der Waals surface area (Å²) in [6.07, 6.45) is -3.89. The molecule has 1 N–H and O–H groups in total. The van der Waals surface area contributed by atoms with Gasteiger partial charge in [-0.05, 0) is 91.2 Å². The molecular formula is C29H26F3NO6S. The number of carboxylic acid groups (broad SMARTS) is 1. The number of carbonyl (C=O) groups is 1. The first-order valence-corrected chi connectivity index (χ1v) is 13.1. The second-order valence-electron chi connectivity index (χ2n) is 8.63. The van der Waals surface area contributed by atoms with Gasteiger partial charge in [-0.25, -0.2) is 9.78 Å². The summed E-state index contributed by atoms with van der Waals surface area (Å²) in [6.45, 7) is 4.10. The van der Waals surface area contributed by atoms with Crippen LogP contribution < -0.4 is 18.9 Å². The summed E-state index contributed by atoms with van der Waals surface area (Å²) >= 11 is 1.36. The summed E-state index contributed by atoms with van der Waals surface area (Å²) in [5.41, 5.74) is 2.86. The van der Waals surface area contributed by atoms with E-state index in [1.54, 1.807) is 37.3 Å². The van der Waals surface area contributed by atoms with Crippen LogP contribution in [0.4, 0.5) is 13.2 Å². The number of benzene rings is 3. The standard InChI is InChI=1S/C29H26F3NO6S/c1-3-14-36-21-8-4-19(5-9-21)27-28(20-6-10-22(11-7-20)39-29(30,31)32)40-25(33-27)16-37-23-12-13-24(18(2)15-23)38-17-26(34)35/h4-13,15H,3,14,16-17H2,1-2H3,(H,34,35). The van der Waals surface area contributed by atoms with Crippen LogP contribution in [0, 0.1) is 6.92 Å². The highest BCUT2D eigenvalue weighted by molar-refractivity contribution is 7.15. The normalized spacial score (nSPS) is 11.2. The van der Waals surface area contributed by atoms with E-state index in [1.807, 2.05) is 31.2 Å². The highest BCUT2D eigenvalue weighted by Gasteiger charge is 2.31. The number of hydrogen-bond donors (Lipinski definition) is 1. The van der Waals surface area contributed by atoms with Crippen LogP contribution >= 0.6 is 11.3 Å². The molecule has 40 heavy (non-hydrogen) atoms. The molecule has 0 saturated carbocycles. The fraction of sp³-hybridized carbons (Fsp3) is 0.241. The maximum absolute atomic E-state index is 12.6. The molecule has 0 unspecified atom stereocenters. The SMILES string of the molecule is CCCOc1ccc(-c2nc(COc3ccc(OCC(=O)O)c(C)c3)sc2-c2ccc(OC(F)(F)F)cc2)cc1. The largest absolute Gasteiger partial charge is 0.573 e. The predicted octanol–water partition coefficient (Wildman–Crippen LogP) is 7.52. The molecule has 7 nitrogen and oxygen atoms in total. The van der Waals surface area contributed by atoms with Crippen LogP contribution in [0.5, 0.6) is 23.0 Å². The van der Waals surface area contributed by atoms with E-state index in [4.69, 9.17) is 24.3 Å². The Kier molecular flexibility index (Phi) is 9.15. The van der Waals surface area contributed by atoms with E-state index in [0.717, 1.165) is 22.6 Å². The quantitative estimate of drug-likeness (QED) is 0.188. The Hall–Kier alpha value is -4.25. The summed E-state index contributed by atoms with van der Waals surface area (Å²) in [5.74, 6) is 0.336. The van der Waals surface area contributed by atoms with Gasteiger partial charge in [0.15, 0.2) is 6.61 Å². The summed E-state index contributed by atoms with van der Waals surface area (Å²) in [7, 11) is 0. The Labute approximate surface area is 232 Å². The van der Waals surface area contributed by atoms with Crippen molar-refractivity contribution in [3.63, 3.8) is 0 Å². The lowest BCUT2D eigenvalue weighted by Crippen LogP contribution is -2.16. The zero-order valence-corrected chi connectivity index (χ0v) is 22.5. The number of alkyl halides is 3. The fourth-order valence-corrected chi connectivity index (χ4v) is 4.72. The van der Waals surface area contributed by atoms with E-state index in [2.05, 4.69) is 4.74 Å². The van der Waals surface area contributed by atoms with Gasteiger partial charge in [-0.15, -0.1) is 24.5 Å². The molecule has 0 bridgehead atoms. The van der Waals surface area contributed by atoms with Crippen LogP contribution in [-0.4, -0.2) is 35.6 Å². The predicted molar refractivity (Wildman–Crippen MR) is 144 cm³/mol. The zero-order chi connectivity index (χ0) is 28.7. The minimum absolute atomic E-state index is 0.138. The van der Waals surface area contributed by atoms with Crippen molar-refractivity contribution in [1.82, 2.24) is 4.98 Å². The molecule has 0 atom stereocenters. The maximum Gasteiger partial charge on any atom is 0.573 e. The van der Waals surface area contributed by atoms with Crippen molar-refractivity contribution in [1.29, 1.82) is 0 Å². The van der Waals surface area contributed by atoms with E-state index in [1.165, 1.54) is 23.5 Å². The molecule has 0 amide bonds. The van der Waals surface area contributed by atoms with Crippen molar-refractivity contribution >= 4 is 17.3 Å². The van der Waals surface area contributed by atoms with Gasteiger partial charge in [0.1, 0.15) is 34.6 Å². The second kappa shape index (κ2) is 12.7. The first kappa shape index (κ1) is 28.8. The highest BCUT2D eigenvalue weighted by Crippen LogP contribution is 2.39. The summed E-state index contributed by atoms with van der Waals surface area (Å²) in [5, 5.41) is 9.46. The Morgan fingerprint density at radius 3 is 2.17 bits per heavy atom. The molecular weight excluding hydrogens is 547 g/mol. The van der Waals surface area contributed by atoms with Gasteiger partial charge in [0.05, 0.1) is 17.2 Å². The van der Waals surface area contributed by atoms with Gasteiger partial charge >= 0.3 is 12.3 Å². The minimum Gasteiger partial charge on any atom is -0.494 e. The Balaban J connectivity index is 1.58. The molecule has 210 valence electrons. The van der Waals surface area contributed by atoms with E-state index < -0.39 is 18.9 Å². The van der Waals surface area contributed by atoms with Crippen LogP contribution in [0.2, 0.25) is 0 Å². The Morgan fingerprint density at radius 1 is 0.900 bits per heavy atom. The molecule has 4 rings (SSSR count). The molecule has 0 fully saturated rings. The van der Waals surface area contributed by atoms with Crippen LogP contribution in [0.25, 0.3) is 21.7 Å². The minimum atomic E-state index is -4.78. The number of nitrogens with zero attached hydrogens (tertiary/aromatic N) is 1. The third-order valence-corrected chi connectivity index (χ3v) is 6.56. The lowest BCUT2D eigenvalue weighted by atomic mass is 10.1. The number of aromatic nitrogens is 1. The number of halogens is 3. The van der Waals surface area contributed by atoms with Gasteiger partial charge in [0, 0.05) is 5.56 Å². The van der Waals surface area contributed by atoms with Crippen LogP contribution in [-0.2, 0) is 11.4 Å². The summed E-state index contributed by atoms with van der Waals surface area (Å²) in [6, 6.07) is 18.2. The topological polar surface area (TPSA) is 87.1 Å². The first-order valence-electron chi connectivity index (χ1n) is 12.3. The Morgan fingerprint density at radius 2 is 1.55 bits per heavy atom. The smallest absolute Gasteiger partial charge is 0.494 e. The van der Waals surface area contributed by atoms with Gasteiger partial charge < -0.3 is 24.1 Å². The molecule has 3 aromatic carbocycles. The number of ether oxygens (including phenoxy) is 4. The molecule has 0 saturated heterocycles. The van der Waals surface area contributed by atoms with E-state index in [-0.39, 0.29) is 12.4 Å². The first-order chi connectivity index (χ1) is 19.1. The van der Waals surface area contributed by atoms with Gasteiger partial charge in [-0.3, -0.25) is 0 Å². The van der Waals surface area contributed by atoms with Gasteiger partial charge in [-0.2, -0.15) is 0 Å². The molecule has 0 aliphatic carbocycles. The molecule has 11 heteroatoms. The average Bonchev–Trinajstić information content (AvgIpc) is 3.34. The summed E-state index contributed by atoms with van der Waals surface area (Å²) in [4.78, 5) is 16.3. The van der Waals surface area contributed by atoms with Crippen LogP contribution in [0.1, 0.15) is 23.9 Å². The van der Waals surface area contributed by atoms with Crippen molar-refractivity contribution in [2.75, 3.05) is 13.2 Å². The molecule has 4 aromatic rings. The number of aryl methyl sites for hydroxylation is 1. The fourth-order valence-electron chi connectivity index (χ4n) is 3.71. The number of rotatable bonds is 12. The van der Waals surface area contributed by atoms with Crippen molar-refractivity contribution in [2.24, 2.45) is 0 Å². The molecule has 1 heterocycles. The van der Waals surface area contributed by atoms with Crippen molar-refractivity contribution in [3.8, 4) is 44.7 Å². The molecule has 0 spiro atoms. The lowest BCUT2D eigenvalue weighted by Gasteiger charge is -2.09. The zero-order valence-electron chi connectivity index (χ0n) is 21.7. The van der Waals surface area contributed by atoms with Crippen LogP contribution in [0.15, 0.2) is 66.7 Å². The lowest BCUT2D eigenvalue weighted by molar-refractivity contribution is -0.274. The van der Waals surface area contributed by atoms with Gasteiger partial charge in [-0.1, -0.05) is 6.92 Å². The van der Waals surface area contributed by atoms with E-state index in [0.29, 0.717) is 39.9 Å². The van der Waals surface area contributed by atoms with Crippen LogP contribution in [0.3, 0.4) is 0 Å². The molecule has 1 aromatic heterocycles. The number of aliphatic carboxylic acids is 1. The van der Waals surface area contributed by atoms with E-state index in [9.17, 15) is 18.0 Å². The third kappa shape index (κ3) is 7.89. The number of hydrogen-bond acceptors (Lipinski definition) is 7. The highest BCUT2D eigenvalue weighted by atomic mass is 32.1. The summed E-state index contributed by atoms with van der Waals surface area (Å²) < 4.78 is 58.7. The number of carboxylic acids is 1. The third-order valence-electron chi connectivity index (χ3n) is 5.48. The Bertz CT molecular complexity index is 1440. The molecule has 0 radical (unpaired) electrons. The van der Waals surface area contributed by atoms with Gasteiger partial charge in [0.25, 0.3) is 0 Å². The maximum atomic E-state index is 12.6. The van der Waals surface area contributed by atoms with Crippen molar-refractivity contribution in [3.05, 3.63) is 77.3 Å². The average molecular weight is 574 g/mol. The van der Waals surface area contributed by atoms with E-state index >= 15 is 0 Å². The van der Waals surface area contributed by atoms with Gasteiger partial charge in [0.2, 0.25) is 0 Å². The second-order valence-corrected chi connectivity index (χ2v) is 9.71. The monoisotopic (exact) mass is 573 g/mol. The number of thiazole rings is 1. The van der Waals surface area contributed by atoms with Crippen molar-refractivity contribution < 1.29 is 42.0 Å². The van der Waals surface area contributed by atoms with Crippen molar-refractivity contribution in [2.45, 2.75) is 33.2 Å².